The van der Waals surface area contributed by atoms with Gasteiger partial charge >= 0.3 is 0 Å². The van der Waals surface area contributed by atoms with Crippen LogP contribution in [0.2, 0.25) is 0 Å². The molecular formula is C17H17BrN2O4. The van der Waals surface area contributed by atoms with E-state index in [9.17, 15) is 9.59 Å². The third-order valence-corrected chi connectivity index (χ3v) is 3.51. The second kappa shape index (κ2) is 8.35. The van der Waals surface area contributed by atoms with Gasteiger partial charge in [0.15, 0.2) is 6.61 Å². The van der Waals surface area contributed by atoms with Crippen molar-refractivity contribution in [1.29, 1.82) is 0 Å². The van der Waals surface area contributed by atoms with Gasteiger partial charge in [0.25, 0.3) is 5.91 Å². The first-order valence-corrected chi connectivity index (χ1v) is 7.91. The Labute approximate surface area is 148 Å². The molecule has 0 saturated carbocycles. The van der Waals surface area contributed by atoms with Gasteiger partial charge in [0.1, 0.15) is 11.5 Å². The summed E-state index contributed by atoms with van der Waals surface area (Å²) in [6.07, 6.45) is 0. The Morgan fingerprint density at radius 2 is 1.79 bits per heavy atom. The van der Waals surface area contributed by atoms with E-state index in [0.29, 0.717) is 22.9 Å². The van der Waals surface area contributed by atoms with E-state index < -0.39 is 0 Å². The Hall–Kier alpha value is -2.54. The number of ether oxygens (including phenoxy) is 2. The van der Waals surface area contributed by atoms with Crippen LogP contribution >= 0.6 is 15.9 Å². The summed E-state index contributed by atoms with van der Waals surface area (Å²) in [5.74, 6) is 0.542. The highest BCUT2D eigenvalue weighted by molar-refractivity contribution is 9.10. The summed E-state index contributed by atoms with van der Waals surface area (Å²) < 4.78 is 11.6. The molecule has 0 aliphatic carbocycles. The van der Waals surface area contributed by atoms with Crippen molar-refractivity contribution in [3.8, 4) is 11.5 Å². The molecule has 0 atom stereocenters. The fourth-order valence-corrected chi connectivity index (χ4v) is 2.22. The summed E-state index contributed by atoms with van der Waals surface area (Å²) in [4.78, 5) is 23.2. The molecule has 0 unspecified atom stereocenters. The maximum Gasteiger partial charge on any atom is 0.262 e. The summed E-state index contributed by atoms with van der Waals surface area (Å²) in [5.41, 5.74) is 1.01. The van der Waals surface area contributed by atoms with Gasteiger partial charge in [-0.2, -0.15) is 0 Å². The van der Waals surface area contributed by atoms with E-state index in [1.54, 1.807) is 30.3 Å². The third kappa shape index (κ3) is 5.27. The van der Waals surface area contributed by atoms with Crippen molar-refractivity contribution in [1.82, 2.24) is 0 Å². The van der Waals surface area contributed by atoms with E-state index in [0.717, 1.165) is 4.47 Å². The zero-order valence-corrected chi connectivity index (χ0v) is 14.8. The molecule has 0 saturated heterocycles. The molecule has 126 valence electrons. The van der Waals surface area contributed by atoms with Gasteiger partial charge in [0.05, 0.1) is 12.8 Å². The zero-order valence-electron chi connectivity index (χ0n) is 13.3. The Kier molecular flexibility index (Phi) is 6.20. The van der Waals surface area contributed by atoms with Crippen LogP contribution in [0.25, 0.3) is 0 Å². The Balaban J connectivity index is 2.01. The molecule has 0 bridgehead atoms. The molecular weight excluding hydrogens is 376 g/mol. The van der Waals surface area contributed by atoms with E-state index in [-0.39, 0.29) is 18.4 Å². The second-order valence-electron chi connectivity index (χ2n) is 4.89. The van der Waals surface area contributed by atoms with E-state index in [4.69, 9.17) is 9.47 Å². The van der Waals surface area contributed by atoms with Crippen LogP contribution in [-0.2, 0) is 9.59 Å². The molecule has 0 aliphatic heterocycles. The number of hydrogen-bond donors (Lipinski definition) is 2. The van der Waals surface area contributed by atoms with Crippen molar-refractivity contribution >= 4 is 39.1 Å². The first-order chi connectivity index (χ1) is 11.5. The van der Waals surface area contributed by atoms with Crippen LogP contribution < -0.4 is 20.1 Å². The molecule has 24 heavy (non-hydrogen) atoms. The Morgan fingerprint density at radius 1 is 1.08 bits per heavy atom. The number of benzene rings is 2. The first-order valence-electron chi connectivity index (χ1n) is 7.12. The van der Waals surface area contributed by atoms with Crippen LogP contribution in [0.1, 0.15) is 6.92 Å². The summed E-state index contributed by atoms with van der Waals surface area (Å²) in [6, 6.07) is 12.1. The number of halogens is 1. The molecule has 0 fully saturated rings. The number of amides is 2. The Bertz CT molecular complexity index is 732. The molecule has 7 heteroatoms. The molecule has 2 amide bonds. The van der Waals surface area contributed by atoms with Crippen molar-refractivity contribution in [2.24, 2.45) is 0 Å². The van der Waals surface area contributed by atoms with E-state index in [1.165, 1.54) is 14.0 Å². The third-order valence-electron chi connectivity index (χ3n) is 2.98. The number of methoxy groups -OCH3 is 1. The first kappa shape index (κ1) is 17.8. The molecule has 0 aromatic heterocycles. The van der Waals surface area contributed by atoms with E-state index in [1.807, 2.05) is 12.1 Å². The maximum atomic E-state index is 12.1. The largest absolute Gasteiger partial charge is 0.495 e. The fraction of sp³-hybridized carbons (Fsp3) is 0.176. The van der Waals surface area contributed by atoms with Crippen LogP contribution in [0, 0.1) is 0 Å². The lowest BCUT2D eigenvalue weighted by Crippen LogP contribution is -2.20. The highest BCUT2D eigenvalue weighted by atomic mass is 79.9. The van der Waals surface area contributed by atoms with Gasteiger partial charge < -0.3 is 20.1 Å². The predicted octanol–water partition coefficient (Wildman–Crippen LogP) is 3.43. The minimum Gasteiger partial charge on any atom is -0.495 e. The summed E-state index contributed by atoms with van der Waals surface area (Å²) in [7, 11) is 1.50. The van der Waals surface area contributed by atoms with Crippen LogP contribution in [0.5, 0.6) is 11.5 Å². The molecule has 2 N–H and O–H groups in total. The summed E-state index contributed by atoms with van der Waals surface area (Å²) in [6.45, 7) is 1.27. The number of carbonyl (C=O) groups excluding carboxylic acids is 2. The van der Waals surface area contributed by atoms with Gasteiger partial charge in [-0.15, -0.1) is 0 Å². The number of carbonyl (C=O) groups is 2. The smallest absolute Gasteiger partial charge is 0.262 e. The lowest BCUT2D eigenvalue weighted by molar-refractivity contribution is -0.118. The molecule has 0 spiro atoms. The number of rotatable bonds is 6. The fourth-order valence-electron chi connectivity index (χ4n) is 1.95. The highest BCUT2D eigenvalue weighted by Gasteiger charge is 2.10. The quantitative estimate of drug-likeness (QED) is 0.789. The Morgan fingerprint density at radius 3 is 2.42 bits per heavy atom. The minimum absolute atomic E-state index is 0.144. The van der Waals surface area contributed by atoms with Crippen molar-refractivity contribution in [2.45, 2.75) is 6.92 Å². The lowest BCUT2D eigenvalue weighted by Gasteiger charge is -2.13. The van der Waals surface area contributed by atoms with Gasteiger partial charge in [0.2, 0.25) is 5.91 Å². The molecule has 2 aromatic rings. The number of hydrogen-bond acceptors (Lipinski definition) is 4. The van der Waals surface area contributed by atoms with Crippen LogP contribution in [0.3, 0.4) is 0 Å². The van der Waals surface area contributed by atoms with E-state index >= 15 is 0 Å². The number of nitrogens with one attached hydrogen (secondary N) is 2. The zero-order chi connectivity index (χ0) is 17.5. The molecule has 6 nitrogen and oxygen atoms in total. The van der Waals surface area contributed by atoms with Crippen LogP contribution in [-0.4, -0.2) is 25.5 Å². The van der Waals surface area contributed by atoms with Gasteiger partial charge in [0, 0.05) is 17.1 Å². The van der Waals surface area contributed by atoms with Crippen molar-refractivity contribution in [3.05, 3.63) is 46.9 Å². The molecule has 2 rings (SSSR count). The predicted molar refractivity (Wildman–Crippen MR) is 95.6 cm³/mol. The number of anilines is 2. The topological polar surface area (TPSA) is 76.7 Å². The summed E-state index contributed by atoms with van der Waals surface area (Å²) in [5, 5.41) is 5.36. The normalized spacial score (nSPS) is 9.96. The minimum atomic E-state index is -0.337. The average molecular weight is 393 g/mol. The van der Waals surface area contributed by atoms with Gasteiger partial charge in [-0.3, -0.25) is 9.59 Å². The molecule has 2 aromatic carbocycles. The SMILES string of the molecule is COc1ccc(NC(C)=O)cc1NC(=O)COc1ccc(Br)cc1. The molecule has 0 heterocycles. The van der Waals surface area contributed by atoms with Gasteiger partial charge in [-0.1, -0.05) is 15.9 Å². The highest BCUT2D eigenvalue weighted by Crippen LogP contribution is 2.28. The van der Waals surface area contributed by atoms with Crippen LogP contribution in [0.4, 0.5) is 11.4 Å². The van der Waals surface area contributed by atoms with Crippen molar-refractivity contribution < 1.29 is 19.1 Å². The average Bonchev–Trinajstić information content (AvgIpc) is 2.54. The van der Waals surface area contributed by atoms with Crippen molar-refractivity contribution in [3.63, 3.8) is 0 Å². The standard InChI is InChI=1S/C17H17BrN2O4/c1-11(21)19-13-5-8-16(23-2)15(9-13)20-17(22)10-24-14-6-3-12(18)4-7-14/h3-9H,10H2,1-2H3,(H,19,21)(H,20,22). The van der Waals surface area contributed by atoms with Gasteiger partial charge in [-0.25, -0.2) is 0 Å². The van der Waals surface area contributed by atoms with E-state index in [2.05, 4.69) is 26.6 Å². The molecule has 0 aliphatic rings. The maximum absolute atomic E-state index is 12.1. The monoisotopic (exact) mass is 392 g/mol. The lowest BCUT2D eigenvalue weighted by atomic mass is 10.2. The van der Waals surface area contributed by atoms with Crippen molar-refractivity contribution in [2.75, 3.05) is 24.4 Å². The van der Waals surface area contributed by atoms with Gasteiger partial charge in [-0.05, 0) is 42.5 Å². The van der Waals surface area contributed by atoms with Crippen LogP contribution in [0.15, 0.2) is 46.9 Å². The molecule has 0 radical (unpaired) electrons. The summed E-state index contributed by atoms with van der Waals surface area (Å²) >= 11 is 3.33. The second-order valence-corrected chi connectivity index (χ2v) is 5.80.